The van der Waals surface area contributed by atoms with Crippen molar-refractivity contribution in [2.24, 2.45) is 0 Å². The van der Waals surface area contributed by atoms with Crippen molar-refractivity contribution < 1.29 is 14.4 Å². The van der Waals surface area contributed by atoms with E-state index >= 15 is 0 Å². The fourth-order valence-electron chi connectivity index (χ4n) is 2.13. The number of nitrogens with zero attached hydrogens (tertiary/aromatic N) is 4. The molecule has 3 amide bonds. The molecular formula is C13H24N4O3. The summed E-state index contributed by atoms with van der Waals surface area (Å²) in [6.45, 7) is 7.86. The fraction of sp³-hybridized carbons (Fsp3) is 0.769. The molecule has 0 aliphatic carbocycles. The van der Waals surface area contributed by atoms with E-state index in [0.29, 0.717) is 39.3 Å². The zero-order valence-electron chi connectivity index (χ0n) is 12.1. The summed E-state index contributed by atoms with van der Waals surface area (Å²) in [5.41, 5.74) is 0. The molecule has 7 heteroatoms. The maximum atomic E-state index is 11.0. The molecule has 0 spiro atoms. The molecule has 0 aromatic carbocycles. The molecule has 1 aliphatic heterocycles. The first kappa shape index (κ1) is 16.4. The van der Waals surface area contributed by atoms with Crippen LogP contribution in [0.15, 0.2) is 0 Å². The first-order valence-electron chi connectivity index (χ1n) is 7.03. The van der Waals surface area contributed by atoms with Crippen molar-refractivity contribution in [3.05, 3.63) is 0 Å². The third-order valence-corrected chi connectivity index (χ3v) is 3.65. The molecule has 0 unspecified atom stereocenters. The van der Waals surface area contributed by atoms with E-state index in [0.717, 1.165) is 38.9 Å². The second-order valence-corrected chi connectivity index (χ2v) is 4.86. The summed E-state index contributed by atoms with van der Waals surface area (Å²) in [7, 11) is 0. The molecule has 1 heterocycles. The molecule has 1 aliphatic rings. The largest absolute Gasteiger partial charge is 0.342 e. The number of carbonyl (C=O) groups excluding carboxylic acids is 3. The standard InChI is InChI=1S/C13H24N4O3/c1-2-14-3-5-15(11-18)7-9-17(13-20)10-8-16(12-19)6-4-14/h11-13H,2-10H2,1H3. The predicted octanol–water partition coefficient (Wildman–Crippen LogP) is -1.30. The quantitative estimate of drug-likeness (QED) is 0.602. The van der Waals surface area contributed by atoms with Gasteiger partial charge in [0.25, 0.3) is 0 Å². The van der Waals surface area contributed by atoms with Crippen LogP contribution >= 0.6 is 0 Å². The number of hydrogen-bond donors (Lipinski definition) is 0. The average molecular weight is 284 g/mol. The van der Waals surface area contributed by atoms with Crippen LogP contribution < -0.4 is 0 Å². The van der Waals surface area contributed by atoms with Crippen molar-refractivity contribution in [1.29, 1.82) is 0 Å². The lowest BCUT2D eigenvalue weighted by molar-refractivity contribution is -0.123. The summed E-state index contributed by atoms with van der Waals surface area (Å²) in [5, 5.41) is 0. The Morgan fingerprint density at radius 1 is 0.650 bits per heavy atom. The predicted molar refractivity (Wildman–Crippen MR) is 75.0 cm³/mol. The molecule has 7 nitrogen and oxygen atoms in total. The first-order chi connectivity index (χ1) is 9.73. The summed E-state index contributed by atoms with van der Waals surface area (Å²) in [6, 6.07) is 0. The highest BCUT2D eigenvalue weighted by atomic mass is 16.1. The maximum absolute atomic E-state index is 11.0. The van der Waals surface area contributed by atoms with Crippen LogP contribution in [0.1, 0.15) is 6.92 Å². The van der Waals surface area contributed by atoms with Crippen LogP contribution in [0.4, 0.5) is 0 Å². The van der Waals surface area contributed by atoms with Crippen LogP contribution in [0, 0.1) is 0 Å². The minimum absolute atomic E-state index is 0.501. The smallest absolute Gasteiger partial charge is 0.209 e. The van der Waals surface area contributed by atoms with Gasteiger partial charge in [-0.05, 0) is 6.54 Å². The van der Waals surface area contributed by atoms with Gasteiger partial charge < -0.3 is 19.6 Å². The van der Waals surface area contributed by atoms with E-state index in [-0.39, 0.29) is 0 Å². The summed E-state index contributed by atoms with van der Waals surface area (Å²) >= 11 is 0. The molecule has 0 radical (unpaired) electrons. The van der Waals surface area contributed by atoms with Gasteiger partial charge in [0.15, 0.2) is 0 Å². The number of rotatable bonds is 4. The summed E-state index contributed by atoms with van der Waals surface area (Å²) in [6.07, 6.45) is 2.44. The van der Waals surface area contributed by atoms with E-state index < -0.39 is 0 Å². The zero-order chi connectivity index (χ0) is 14.8. The second kappa shape index (κ2) is 9.30. The van der Waals surface area contributed by atoms with Crippen molar-refractivity contribution in [3.8, 4) is 0 Å². The highest BCUT2D eigenvalue weighted by molar-refractivity contribution is 5.49. The fourth-order valence-corrected chi connectivity index (χ4v) is 2.13. The minimum atomic E-state index is 0.501. The van der Waals surface area contributed by atoms with Gasteiger partial charge in [0.1, 0.15) is 0 Å². The number of amides is 3. The highest BCUT2D eigenvalue weighted by Gasteiger charge is 2.13. The van der Waals surface area contributed by atoms with Gasteiger partial charge in [-0.2, -0.15) is 0 Å². The molecule has 0 bridgehead atoms. The van der Waals surface area contributed by atoms with Crippen molar-refractivity contribution in [3.63, 3.8) is 0 Å². The van der Waals surface area contributed by atoms with E-state index in [1.807, 2.05) is 0 Å². The Kier molecular flexibility index (Phi) is 7.64. The number of carbonyl (C=O) groups is 3. The minimum Gasteiger partial charge on any atom is -0.342 e. The molecule has 0 N–H and O–H groups in total. The van der Waals surface area contributed by atoms with Crippen molar-refractivity contribution >= 4 is 19.2 Å². The van der Waals surface area contributed by atoms with Crippen molar-refractivity contribution in [2.75, 3.05) is 58.9 Å². The lowest BCUT2D eigenvalue weighted by Gasteiger charge is -2.30. The Bertz CT molecular complexity index is 290. The maximum Gasteiger partial charge on any atom is 0.209 e. The Morgan fingerprint density at radius 3 is 1.20 bits per heavy atom. The van der Waals surface area contributed by atoms with Crippen LogP contribution in [0.2, 0.25) is 0 Å². The van der Waals surface area contributed by atoms with Crippen molar-refractivity contribution in [1.82, 2.24) is 19.6 Å². The van der Waals surface area contributed by atoms with Crippen LogP contribution in [-0.4, -0.2) is 97.7 Å². The topological polar surface area (TPSA) is 64.2 Å². The third-order valence-electron chi connectivity index (χ3n) is 3.65. The van der Waals surface area contributed by atoms with Crippen LogP contribution in [0.3, 0.4) is 0 Å². The SMILES string of the molecule is CCN1CCN(C=O)CCN(C=O)CCN(C=O)CC1. The third kappa shape index (κ3) is 5.56. The Labute approximate surface area is 120 Å². The van der Waals surface area contributed by atoms with E-state index in [4.69, 9.17) is 0 Å². The van der Waals surface area contributed by atoms with Gasteiger partial charge in [0.2, 0.25) is 19.2 Å². The Morgan fingerprint density at radius 2 is 0.950 bits per heavy atom. The van der Waals surface area contributed by atoms with E-state index in [1.54, 1.807) is 14.7 Å². The molecule has 0 aromatic heterocycles. The van der Waals surface area contributed by atoms with Gasteiger partial charge in [-0.15, -0.1) is 0 Å². The molecule has 1 fully saturated rings. The van der Waals surface area contributed by atoms with Crippen LogP contribution in [0.25, 0.3) is 0 Å². The molecule has 1 saturated heterocycles. The van der Waals surface area contributed by atoms with Crippen LogP contribution in [-0.2, 0) is 14.4 Å². The summed E-state index contributed by atoms with van der Waals surface area (Å²) in [4.78, 5) is 40.2. The molecule has 0 aromatic rings. The van der Waals surface area contributed by atoms with Gasteiger partial charge >= 0.3 is 0 Å². The number of likely N-dealkylation sites (N-methyl/N-ethyl adjacent to an activating group) is 1. The normalized spacial score (nSPS) is 19.9. The van der Waals surface area contributed by atoms with Gasteiger partial charge in [0, 0.05) is 52.4 Å². The Hall–Kier alpha value is -1.63. The molecule has 0 atom stereocenters. The zero-order valence-corrected chi connectivity index (χ0v) is 12.1. The Balaban J connectivity index is 2.65. The van der Waals surface area contributed by atoms with Gasteiger partial charge in [-0.1, -0.05) is 6.92 Å². The van der Waals surface area contributed by atoms with Crippen LogP contribution in [0.5, 0.6) is 0 Å². The monoisotopic (exact) mass is 284 g/mol. The first-order valence-corrected chi connectivity index (χ1v) is 7.03. The molecular weight excluding hydrogens is 260 g/mol. The van der Waals surface area contributed by atoms with Gasteiger partial charge in [0.05, 0.1) is 0 Å². The average Bonchev–Trinajstić information content (AvgIpc) is 2.48. The van der Waals surface area contributed by atoms with E-state index in [9.17, 15) is 14.4 Å². The number of hydrogen-bond acceptors (Lipinski definition) is 4. The second-order valence-electron chi connectivity index (χ2n) is 4.86. The summed E-state index contributed by atoms with van der Waals surface area (Å²) in [5.74, 6) is 0. The van der Waals surface area contributed by atoms with E-state index in [1.165, 1.54) is 0 Å². The van der Waals surface area contributed by atoms with Gasteiger partial charge in [-0.3, -0.25) is 14.4 Å². The molecule has 0 saturated carbocycles. The molecule has 1 rings (SSSR count). The van der Waals surface area contributed by atoms with Crippen molar-refractivity contribution in [2.45, 2.75) is 6.92 Å². The van der Waals surface area contributed by atoms with Gasteiger partial charge in [-0.25, -0.2) is 0 Å². The van der Waals surface area contributed by atoms with E-state index in [2.05, 4.69) is 11.8 Å². The highest BCUT2D eigenvalue weighted by Crippen LogP contribution is 1.96. The molecule has 20 heavy (non-hydrogen) atoms. The summed E-state index contributed by atoms with van der Waals surface area (Å²) < 4.78 is 0. The molecule has 114 valence electrons. The lowest BCUT2D eigenvalue weighted by atomic mass is 10.3. The lowest BCUT2D eigenvalue weighted by Crippen LogP contribution is -2.45.